The molecule has 1 saturated heterocycles. The summed E-state index contributed by atoms with van der Waals surface area (Å²) in [7, 11) is 0. The zero-order valence-electron chi connectivity index (χ0n) is 26.8. The van der Waals surface area contributed by atoms with E-state index < -0.39 is 41.6 Å². The quantitative estimate of drug-likeness (QED) is 0.164. The van der Waals surface area contributed by atoms with Gasteiger partial charge < -0.3 is 4.90 Å². The number of alkyl halides is 5. The topological polar surface area (TPSA) is 76.3 Å². The van der Waals surface area contributed by atoms with Crippen molar-refractivity contribution >= 4 is 39.2 Å². The van der Waals surface area contributed by atoms with Crippen molar-refractivity contribution in [1.82, 2.24) is 24.5 Å². The first-order valence-electron chi connectivity index (χ1n) is 15.9. The maximum absolute atomic E-state index is 14.5. The van der Waals surface area contributed by atoms with Crippen LogP contribution >= 0.6 is 15.9 Å². The van der Waals surface area contributed by atoms with Crippen molar-refractivity contribution in [3.8, 4) is 5.69 Å². The van der Waals surface area contributed by atoms with Crippen molar-refractivity contribution in [2.24, 2.45) is 5.92 Å². The van der Waals surface area contributed by atoms with E-state index in [1.54, 1.807) is 47.0 Å². The Hall–Kier alpha value is -4.85. The minimum atomic E-state index is -4.66. The number of piperidine rings is 1. The molecule has 2 amide bonds. The highest BCUT2D eigenvalue weighted by molar-refractivity contribution is 9.10. The van der Waals surface area contributed by atoms with Crippen molar-refractivity contribution in [2.45, 2.75) is 50.9 Å². The molecule has 2 aromatic heterocycles. The lowest BCUT2D eigenvalue weighted by atomic mass is 9.84. The molecule has 258 valence electrons. The Balaban J connectivity index is 1.26. The number of aromatic nitrogens is 4. The van der Waals surface area contributed by atoms with Gasteiger partial charge in [-0.25, -0.2) is 9.36 Å². The van der Waals surface area contributed by atoms with E-state index >= 15 is 0 Å². The van der Waals surface area contributed by atoms with Crippen molar-refractivity contribution in [2.75, 3.05) is 11.4 Å². The number of carbonyl (C=O) groups excluding carboxylic acids is 2. The van der Waals surface area contributed by atoms with Gasteiger partial charge in [-0.1, -0.05) is 46.3 Å². The first kappa shape index (κ1) is 33.6. The first-order valence-corrected chi connectivity index (χ1v) is 16.7. The second kappa shape index (κ2) is 12.5. The molecule has 0 radical (unpaired) electrons. The largest absolute Gasteiger partial charge is 0.417 e. The van der Waals surface area contributed by atoms with E-state index in [0.29, 0.717) is 23.6 Å². The van der Waals surface area contributed by atoms with Crippen LogP contribution in [-0.4, -0.2) is 48.9 Å². The molecule has 3 aromatic carbocycles. The zero-order valence-corrected chi connectivity index (χ0v) is 28.4. The SMILES string of the molecule is C[C@@H]1CC2C(=O)N(c3ccc(-n4ccc(C(C)(F)F)n4)cc3)c3c(Cc4ccccc4)cnn3C2CN1C(=O)c1ccc(Br)c(C(F)(F)F)c1. The number of nitrogens with zero attached hydrogens (tertiary/aromatic N) is 6. The first-order chi connectivity index (χ1) is 23.7. The smallest absolute Gasteiger partial charge is 0.334 e. The highest BCUT2D eigenvalue weighted by Gasteiger charge is 2.48. The Morgan fingerprint density at radius 2 is 1.66 bits per heavy atom. The van der Waals surface area contributed by atoms with Crippen LogP contribution < -0.4 is 4.90 Å². The van der Waals surface area contributed by atoms with Crippen molar-refractivity contribution in [1.29, 1.82) is 0 Å². The summed E-state index contributed by atoms with van der Waals surface area (Å²) >= 11 is 2.94. The van der Waals surface area contributed by atoms with Crippen LogP contribution in [0.2, 0.25) is 0 Å². The minimum Gasteiger partial charge on any atom is -0.334 e. The molecule has 0 saturated carbocycles. The maximum atomic E-state index is 14.5. The molecule has 2 aliphatic rings. The molecule has 1 fully saturated rings. The maximum Gasteiger partial charge on any atom is 0.417 e. The number of anilines is 2. The molecular weight excluding hydrogens is 723 g/mol. The average Bonchev–Trinajstić information content (AvgIpc) is 3.74. The summed E-state index contributed by atoms with van der Waals surface area (Å²) in [6.45, 7) is 2.62. The minimum absolute atomic E-state index is 0.0593. The molecule has 7 rings (SSSR count). The lowest BCUT2D eigenvalue weighted by Gasteiger charge is -2.47. The molecule has 0 aliphatic carbocycles. The van der Waals surface area contributed by atoms with Crippen molar-refractivity contribution in [3.63, 3.8) is 0 Å². The number of benzene rings is 3. The Morgan fingerprint density at radius 1 is 0.960 bits per heavy atom. The molecule has 0 spiro atoms. The molecule has 5 aromatic rings. The molecule has 2 aliphatic heterocycles. The molecule has 8 nitrogen and oxygen atoms in total. The Labute approximate surface area is 292 Å². The van der Waals surface area contributed by atoms with E-state index in [1.807, 2.05) is 30.3 Å². The summed E-state index contributed by atoms with van der Waals surface area (Å²) < 4.78 is 71.7. The molecule has 50 heavy (non-hydrogen) atoms. The normalized spacial score (nSPS) is 19.4. The van der Waals surface area contributed by atoms with E-state index in [1.165, 1.54) is 34.0 Å². The standard InChI is InChI=1S/C36H30BrF5N6O2/c1-21-16-27-30(20-45(21)33(49)23-8-13-29(37)28(18-23)36(40,41)42)48-32(24(19-43-48)17-22-6-4-3-5-7-22)47(34(27)50)26-11-9-25(10-12-26)46-15-14-31(44-46)35(2,38)39/h3-15,18-19,21,27,30H,16-17,20H2,1-2H3/t21-,27?,30?/m1/s1. The van der Waals surface area contributed by atoms with Gasteiger partial charge in [0.15, 0.2) is 0 Å². The second-order valence-corrected chi connectivity index (χ2v) is 13.6. The third-order valence-corrected chi connectivity index (χ3v) is 10.0. The summed E-state index contributed by atoms with van der Waals surface area (Å²) in [5.74, 6) is -3.96. The van der Waals surface area contributed by atoms with E-state index in [0.717, 1.165) is 24.1 Å². The third-order valence-electron chi connectivity index (χ3n) is 9.31. The van der Waals surface area contributed by atoms with Crippen LogP contribution in [-0.2, 0) is 23.3 Å². The fourth-order valence-electron chi connectivity index (χ4n) is 6.79. The number of fused-ring (bicyclic) bond motifs is 3. The predicted octanol–water partition coefficient (Wildman–Crippen LogP) is 8.32. The number of rotatable bonds is 6. The summed E-state index contributed by atoms with van der Waals surface area (Å²) in [6, 6.07) is 20.1. The molecule has 2 unspecified atom stereocenters. The summed E-state index contributed by atoms with van der Waals surface area (Å²) in [6.07, 6.45) is -0.810. The fraction of sp³-hybridized carbons (Fsp3) is 0.278. The van der Waals surface area contributed by atoms with Gasteiger partial charge >= 0.3 is 6.18 Å². The van der Waals surface area contributed by atoms with Gasteiger partial charge in [-0.2, -0.15) is 32.1 Å². The molecule has 0 bridgehead atoms. The van der Waals surface area contributed by atoms with E-state index in [4.69, 9.17) is 5.10 Å². The van der Waals surface area contributed by atoms with Crippen LogP contribution in [0, 0.1) is 5.92 Å². The third kappa shape index (κ3) is 6.10. The Bertz CT molecular complexity index is 2070. The molecule has 14 heteroatoms. The summed E-state index contributed by atoms with van der Waals surface area (Å²) in [5, 5.41) is 8.74. The fourth-order valence-corrected chi connectivity index (χ4v) is 7.27. The van der Waals surface area contributed by atoms with E-state index in [9.17, 15) is 31.5 Å². The van der Waals surface area contributed by atoms with Gasteiger partial charge in [0.1, 0.15) is 11.5 Å². The highest BCUT2D eigenvalue weighted by atomic mass is 79.9. The molecular formula is C36H30BrF5N6O2. The van der Waals surface area contributed by atoms with Gasteiger partial charge in [0.2, 0.25) is 5.91 Å². The summed E-state index contributed by atoms with van der Waals surface area (Å²) in [4.78, 5) is 31.4. The monoisotopic (exact) mass is 752 g/mol. The number of likely N-dealkylation sites (tertiary alicyclic amines) is 1. The number of carbonyl (C=O) groups is 2. The molecule has 4 heterocycles. The summed E-state index contributed by atoms with van der Waals surface area (Å²) in [5.41, 5.74) is 1.37. The second-order valence-electron chi connectivity index (χ2n) is 12.7. The van der Waals surface area contributed by atoms with Crippen LogP contribution in [0.25, 0.3) is 5.69 Å². The van der Waals surface area contributed by atoms with Gasteiger partial charge in [0.25, 0.3) is 11.8 Å². The van der Waals surface area contributed by atoms with Gasteiger partial charge in [-0.15, -0.1) is 0 Å². The number of halogens is 6. The van der Waals surface area contributed by atoms with Crippen molar-refractivity contribution in [3.05, 3.63) is 124 Å². The average molecular weight is 754 g/mol. The van der Waals surface area contributed by atoms with Crippen molar-refractivity contribution < 1.29 is 31.5 Å². The van der Waals surface area contributed by atoms with E-state index in [2.05, 4.69) is 21.0 Å². The highest BCUT2D eigenvalue weighted by Crippen LogP contribution is 2.45. The lowest BCUT2D eigenvalue weighted by molar-refractivity contribution is -0.138. The Morgan fingerprint density at radius 3 is 2.32 bits per heavy atom. The van der Waals surface area contributed by atoms with Gasteiger partial charge in [0, 0.05) is 47.7 Å². The van der Waals surface area contributed by atoms with Crippen LogP contribution in [0.5, 0.6) is 0 Å². The predicted molar refractivity (Wildman–Crippen MR) is 179 cm³/mol. The van der Waals surface area contributed by atoms with Crippen LogP contribution in [0.1, 0.15) is 59.1 Å². The van der Waals surface area contributed by atoms with Crippen LogP contribution in [0.3, 0.4) is 0 Å². The molecule has 0 N–H and O–H groups in total. The number of amides is 2. The molecule has 3 atom stereocenters. The van der Waals surface area contributed by atoms with Gasteiger partial charge in [-0.3, -0.25) is 14.5 Å². The zero-order chi connectivity index (χ0) is 35.5. The number of hydrogen-bond acceptors (Lipinski definition) is 4. The van der Waals surface area contributed by atoms with E-state index in [-0.39, 0.29) is 34.6 Å². The van der Waals surface area contributed by atoms with Gasteiger partial charge in [0.05, 0.1) is 35.1 Å². The van der Waals surface area contributed by atoms with Crippen LogP contribution in [0.15, 0.2) is 95.7 Å². The number of hydrogen-bond donors (Lipinski definition) is 0. The Kier molecular flexibility index (Phi) is 8.40. The van der Waals surface area contributed by atoms with Gasteiger partial charge in [-0.05, 0) is 67.4 Å². The van der Waals surface area contributed by atoms with Crippen LogP contribution in [0.4, 0.5) is 33.5 Å². The lowest BCUT2D eigenvalue weighted by Crippen LogP contribution is -2.56.